The fourth-order valence-electron chi connectivity index (χ4n) is 1.81. The lowest BCUT2D eigenvalue weighted by molar-refractivity contribution is -0.137. The second-order valence-electron chi connectivity index (χ2n) is 4.70. The van der Waals surface area contributed by atoms with Crippen molar-refractivity contribution >= 4 is 17.4 Å². The van der Waals surface area contributed by atoms with Crippen molar-refractivity contribution in [2.45, 2.75) is 25.9 Å². The third kappa shape index (κ3) is 2.60. The molecule has 0 bridgehead atoms. The Balaban J connectivity index is 2.55. The van der Waals surface area contributed by atoms with Crippen molar-refractivity contribution in [2.24, 2.45) is 0 Å². The highest BCUT2D eigenvalue weighted by molar-refractivity contribution is 6.33. The van der Waals surface area contributed by atoms with Gasteiger partial charge in [-0.3, -0.25) is 0 Å². The van der Waals surface area contributed by atoms with Gasteiger partial charge in [0.15, 0.2) is 0 Å². The zero-order valence-electron chi connectivity index (χ0n) is 10.9. The Labute approximate surface area is 119 Å². The van der Waals surface area contributed by atoms with Crippen LogP contribution in [0.15, 0.2) is 24.3 Å². The first-order valence-electron chi connectivity index (χ1n) is 5.93. The van der Waals surface area contributed by atoms with Crippen LogP contribution in [0, 0.1) is 0 Å². The molecule has 0 aliphatic heterocycles. The highest BCUT2D eigenvalue weighted by Gasteiger charge is 2.31. The second-order valence-corrected chi connectivity index (χ2v) is 5.08. The van der Waals surface area contributed by atoms with E-state index in [1.807, 2.05) is 13.8 Å². The fourth-order valence-corrected chi connectivity index (χ4v) is 2.15. The summed E-state index contributed by atoms with van der Waals surface area (Å²) in [7, 11) is 0. The van der Waals surface area contributed by atoms with Crippen molar-refractivity contribution in [3.05, 3.63) is 40.5 Å². The molecule has 1 aromatic heterocycles. The van der Waals surface area contributed by atoms with E-state index in [-0.39, 0.29) is 22.4 Å². The molecule has 0 saturated carbocycles. The molecule has 108 valence electrons. The summed E-state index contributed by atoms with van der Waals surface area (Å²) in [5.74, 6) is 0.159. The Morgan fingerprint density at radius 2 is 1.95 bits per heavy atom. The van der Waals surface area contributed by atoms with E-state index in [0.717, 1.165) is 12.1 Å². The minimum atomic E-state index is -4.41. The monoisotopic (exact) mass is 303 g/mol. The van der Waals surface area contributed by atoms with Crippen molar-refractivity contribution in [2.75, 3.05) is 5.73 Å². The van der Waals surface area contributed by atoms with Gasteiger partial charge in [0.2, 0.25) is 0 Å². The third-order valence-corrected chi connectivity index (χ3v) is 3.24. The predicted octanol–water partition coefficient (Wildman–Crippen LogP) is 4.25. The topological polar surface area (TPSA) is 43.8 Å². The first-order valence-corrected chi connectivity index (χ1v) is 6.31. The maximum Gasteiger partial charge on any atom is 0.416 e. The van der Waals surface area contributed by atoms with Gasteiger partial charge in [-0.2, -0.15) is 18.3 Å². The summed E-state index contributed by atoms with van der Waals surface area (Å²) in [6.07, 6.45) is -4.41. The van der Waals surface area contributed by atoms with Crippen molar-refractivity contribution in [1.82, 2.24) is 9.78 Å². The Kier molecular flexibility index (Phi) is 3.69. The highest BCUT2D eigenvalue weighted by Crippen LogP contribution is 2.33. The maximum absolute atomic E-state index is 12.7. The van der Waals surface area contributed by atoms with Crippen LogP contribution in [-0.4, -0.2) is 9.78 Å². The summed E-state index contributed by atoms with van der Waals surface area (Å²) >= 11 is 6.06. The van der Waals surface area contributed by atoms with Gasteiger partial charge in [0, 0.05) is 0 Å². The molecule has 2 aromatic rings. The smallest absolute Gasteiger partial charge is 0.382 e. The molecule has 0 unspecified atom stereocenters. The fraction of sp³-hybridized carbons (Fsp3) is 0.308. The molecule has 1 aromatic carbocycles. The molecule has 20 heavy (non-hydrogen) atoms. The molecule has 0 spiro atoms. The summed E-state index contributed by atoms with van der Waals surface area (Å²) in [4.78, 5) is 0. The number of alkyl halides is 3. The van der Waals surface area contributed by atoms with E-state index >= 15 is 0 Å². The zero-order chi connectivity index (χ0) is 15.1. The number of benzene rings is 1. The Hall–Kier alpha value is -1.69. The summed E-state index contributed by atoms with van der Waals surface area (Å²) in [6.45, 7) is 3.76. The van der Waals surface area contributed by atoms with Gasteiger partial charge < -0.3 is 5.73 Å². The third-order valence-electron chi connectivity index (χ3n) is 2.85. The van der Waals surface area contributed by atoms with Crippen LogP contribution < -0.4 is 5.73 Å². The molecular weight excluding hydrogens is 291 g/mol. The number of rotatable bonds is 2. The van der Waals surface area contributed by atoms with Crippen LogP contribution in [0.4, 0.5) is 19.0 Å². The van der Waals surface area contributed by atoms with Crippen LogP contribution in [-0.2, 0) is 6.18 Å². The lowest BCUT2D eigenvalue weighted by Gasteiger charge is -2.09. The average Bonchev–Trinajstić information content (AvgIpc) is 2.66. The number of halogens is 4. The normalized spacial score (nSPS) is 12.2. The number of nitrogen functional groups attached to an aromatic ring is 1. The van der Waals surface area contributed by atoms with E-state index in [0.29, 0.717) is 5.69 Å². The first kappa shape index (κ1) is 14.7. The van der Waals surface area contributed by atoms with Crippen LogP contribution >= 0.6 is 11.6 Å². The second kappa shape index (κ2) is 5.01. The predicted molar refractivity (Wildman–Crippen MR) is 72.1 cm³/mol. The summed E-state index contributed by atoms with van der Waals surface area (Å²) < 4.78 is 39.4. The minimum Gasteiger partial charge on any atom is -0.382 e. The molecule has 0 aliphatic rings. The van der Waals surface area contributed by atoms with Gasteiger partial charge in [-0.05, 0) is 24.1 Å². The molecular formula is C13H13ClF3N3. The van der Waals surface area contributed by atoms with E-state index in [1.165, 1.54) is 16.8 Å². The molecule has 7 heteroatoms. The van der Waals surface area contributed by atoms with E-state index in [2.05, 4.69) is 5.10 Å². The molecule has 3 nitrogen and oxygen atoms in total. The van der Waals surface area contributed by atoms with Crippen molar-refractivity contribution < 1.29 is 13.2 Å². The van der Waals surface area contributed by atoms with E-state index in [4.69, 9.17) is 17.3 Å². The lowest BCUT2D eigenvalue weighted by atomic mass is 10.1. The maximum atomic E-state index is 12.7. The zero-order valence-corrected chi connectivity index (χ0v) is 11.6. The molecule has 0 fully saturated rings. The molecule has 2 N–H and O–H groups in total. The van der Waals surface area contributed by atoms with E-state index < -0.39 is 11.7 Å². The number of aromatic nitrogens is 2. The first-order chi connectivity index (χ1) is 9.21. The van der Waals surface area contributed by atoms with Crippen LogP contribution in [0.3, 0.4) is 0 Å². The summed E-state index contributed by atoms with van der Waals surface area (Å²) in [5, 5.41) is 4.47. The van der Waals surface area contributed by atoms with Crippen molar-refractivity contribution in [3.63, 3.8) is 0 Å². The van der Waals surface area contributed by atoms with Gasteiger partial charge in [-0.15, -0.1) is 0 Å². The molecule has 1 heterocycles. The standard InChI is InChI=1S/C13H13ClF3N3/c1-7(2)11-10(14)12(18)20(19-11)9-5-3-4-8(6-9)13(15,16)17/h3-7H,18H2,1-2H3. The minimum absolute atomic E-state index is 0.0249. The molecule has 0 aliphatic carbocycles. The summed E-state index contributed by atoms with van der Waals surface area (Å²) in [5.41, 5.74) is 5.85. The van der Waals surface area contributed by atoms with E-state index in [9.17, 15) is 13.2 Å². The average molecular weight is 304 g/mol. The van der Waals surface area contributed by atoms with Crippen LogP contribution in [0.1, 0.15) is 31.0 Å². The quantitative estimate of drug-likeness (QED) is 0.901. The Morgan fingerprint density at radius 1 is 1.30 bits per heavy atom. The largest absolute Gasteiger partial charge is 0.416 e. The number of hydrogen-bond donors (Lipinski definition) is 1. The lowest BCUT2D eigenvalue weighted by Crippen LogP contribution is -2.08. The SMILES string of the molecule is CC(C)c1nn(-c2cccc(C(F)(F)F)c2)c(N)c1Cl. The summed E-state index contributed by atoms with van der Waals surface area (Å²) in [6, 6.07) is 4.79. The Bertz CT molecular complexity index is 632. The van der Waals surface area contributed by atoms with Gasteiger partial charge in [0.05, 0.1) is 16.9 Å². The number of nitrogens with zero attached hydrogens (tertiary/aromatic N) is 2. The molecule has 0 saturated heterocycles. The number of nitrogens with two attached hydrogens (primary N) is 1. The number of anilines is 1. The molecule has 0 radical (unpaired) electrons. The van der Waals surface area contributed by atoms with Crippen LogP contribution in [0.25, 0.3) is 5.69 Å². The Morgan fingerprint density at radius 3 is 2.45 bits per heavy atom. The highest BCUT2D eigenvalue weighted by atomic mass is 35.5. The number of hydrogen-bond acceptors (Lipinski definition) is 2. The molecule has 0 amide bonds. The molecule has 2 rings (SSSR count). The van der Waals surface area contributed by atoms with Gasteiger partial charge in [0.25, 0.3) is 0 Å². The van der Waals surface area contributed by atoms with Gasteiger partial charge in [0.1, 0.15) is 10.8 Å². The van der Waals surface area contributed by atoms with Crippen LogP contribution in [0.2, 0.25) is 5.02 Å². The van der Waals surface area contributed by atoms with Gasteiger partial charge >= 0.3 is 6.18 Å². The van der Waals surface area contributed by atoms with Gasteiger partial charge in [-0.1, -0.05) is 31.5 Å². The van der Waals surface area contributed by atoms with Gasteiger partial charge in [-0.25, -0.2) is 4.68 Å². The van der Waals surface area contributed by atoms with E-state index in [1.54, 1.807) is 0 Å². The van der Waals surface area contributed by atoms with Crippen LogP contribution in [0.5, 0.6) is 0 Å². The van der Waals surface area contributed by atoms with Crippen molar-refractivity contribution in [1.29, 1.82) is 0 Å². The van der Waals surface area contributed by atoms with Crippen molar-refractivity contribution in [3.8, 4) is 5.69 Å². The molecule has 0 atom stereocenters.